The first-order chi connectivity index (χ1) is 10.8. The molecule has 0 amide bonds. The summed E-state index contributed by atoms with van der Waals surface area (Å²) in [6, 6.07) is 0.766. The van der Waals surface area contributed by atoms with Gasteiger partial charge in [-0.25, -0.2) is 9.07 Å². The fourth-order valence-corrected chi connectivity index (χ4v) is 3.42. The number of benzene rings is 1. The van der Waals surface area contributed by atoms with Gasteiger partial charge in [0.2, 0.25) is 0 Å². The van der Waals surface area contributed by atoms with Crippen molar-refractivity contribution < 1.29 is 9.31 Å². The minimum Gasteiger partial charge on any atom is -0.393 e. The van der Waals surface area contributed by atoms with Crippen LogP contribution in [0.5, 0.6) is 0 Å². The Labute approximate surface area is 139 Å². The molecule has 0 unspecified atom stereocenters. The monoisotopic (exact) mass is 360 g/mol. The molecule has 2 aromatic rings. The van der Waals surface area contributed by atoms with Crippen molar-refractivity contribution >= 4 is 34.6 Å². The van der Waals surface area contributed by atoms with E-state index in [-0.39, 0.29) is 16.3 Å². The quantitative estimate of drug-likeness (QED) is 0.505. The summed E-state index contributed by atoms with van der Waals surface area (Å²) in [6.07, 6.45) is 1.62. The lowest BCUT2D eigenvalue weighted by Gasteiger charge is -2.17. The molecule has 0 radical (unpaired) electrons. The van der Waals surface area contributed by atoms with Crippen LogP contribution in [0.15, 0.2) is 10.9 Å². The lowest BCUT2D eigenvalue weighted by atomic mass is 10.0. The third-order valence-corrected chi connectivity index (χ3v) is 4.51. The SMILES string of the molecule is Nc1c(-c2c(Cl)n3n(c2=O)CCCC3)c(F)cc(Cl)c1[N+](=O)[O-]. The number of nitrogen functional groups attached to an aromatic ring is 1. The van der Waals surface area contributed by atoms with Crippen LogP contribution in [-0.2, 0) is 13.1 Å². The number of nitrogens with two attached hydrogens (primary N) is 1. The van der Waals surface area contributed by atoms with Gasteiger partial charge in [0.1, 0.15) is 21.7 Å². The normalized spacial score (nSPS) is 13.9. The lowest BCUT2D eigenvalue weighted by molar-refractivity contribution is -0.383. The zero-order chi connectivity index (χ0) is 16.9. The zero-order valence-electron chi connectivity index (χ0n) is 11.7. The van der Waals surface area contributed by atoms with E-state index in [2.05, 4.69) is 0 Å². The Bertz CT molecular complexity index is 891. The molecule has 1 aliphatic rings. The van der Waals surface area contributed by atoms with Gasteiger partial charge < -0.3 is 5.73 Å². The van der Waals surface area contributed by atoms with Gasteiger partial charge in [-0.3, -0.25) is 19.6 Å². The van der Waals surface area contributed by atoms with Gasteiger partial charge in [-0.1, -0.05) is 23.2 Å². The zero-order valence-corrected chi connectivity index (χ0v) is 13.2. The molecule has 0 bridgehead atoms. The summed E-state index contributed by atoms with van der Waals surface area (Å²) in [4.78, 5) is 22.8. The number of hydrogen-bond acceptors (Lipinski definition) is 4. The highest BCUT2D eigenvalue weighted by molar-refractivity contribution is 6.34. The summed E-state index contributed by atoms with van der Waals surface area (Å²) in [6.45, 7) is 0.945. The molecule has 7 nitrogen and oxygen atoms in total. The molecule has 3 rings (SSSR count). The van der Waals surface area contributed by atoms with Crippen LogP contribution in [0, 0.1) is 15.9 Å². The smallest absolute Gasteiger partial charge is 0.311 e. The largest absolute Gasteiger partial charge is 0.393 e. The van der Waals surface area contributed by atoms with Crippen molar-refractivity contribution in [3.8, 4) is 11.1 Å². The average molecular weight is 361 g/mol. The second kappa shape index (κ2) is 5.54. The van der Waals surface area contributed by atoms with E-state index in [1.54, 1.807) is 0 Å². The van der Waals surface area contributed by atoms with Crippen LogP contribution < -0.4 is 11.3 Å². The van der Waals surface area contributed by atoms with Gasteiger partial charge in [-0.15, -0.1) is 0 Å². The Kier molecular flexibility index (Phi) is 3.81. The van der Waals surface area contributed by atoms with E-state index in [1.165, 1.54) is 9.36 Å². The van der Waals surface area contributed by atoms with Gasteiger partial charge in [0.25, 0.3) is 5.56 Å². The molecule has 0 saturated heterocycles. The molecule has 122 valence electrons. The summed E-state index contributed by atoms with van der Waals surface area (Å²) < 4.78 is 17.3. The molecule has 0 aliphatic carbocycles. The topological polar surface area (TPSA) is 96.1 Å². The molecule has 1 aromatic carbocycles. The first-order valence-corrected chi connectivity index (χ1v) is 7.51. The molecule has 0 saturated carbocycles. The van der Waals surface area contributed by atoms with Crippen LogP contribution in [0.4, 0.5) is 15.8 Å². The second-order valence-electron chi connectivity index (χ2n) is 5.16. The number of nitrogens with zero attached hydrogens (tertiary/aromatic N) is 3. The number of aromatic nitrogens is 2. The van der Waals surface area contributed by atoms with Gasteiger partial charge in [0.05, 0.1) is 16.1 Å². The van der Waals surface area contributed by atoms with E-state index >= 15 is 0 Å². The molecule has 2 N–H and O–H groups in total. The number of hydrogen-bond donors (Lipinski definition) is 1. The first kappa shape index (κ1) is 15.8. The summed E-state index contributed by atoms with van der Waals surface area (Å²) in [5.41, 5.74) is 3.48. The molecule has 23 heavy (non-hydrogen) atoms. The van der Waals surface area contributed by atoms with Crippen LogP contribution in [0.3, 0.4) is 0 Å². The van der Waals surface area contributed by atoms with Crippen molar-refractivity contribution in [2.45, 2.75) is 25.9 Å². The van der Waals surface area contributed by atoms with Crippen molar-refractivity contribution in [1.82, 2.24) is 9.36 Å². The van der Waals surface area contributed by atoms with E-state index in [4.69, 9.17) is 28.9 Å². The maximum Gasteiger partial charge on any atom is 0.311 e. The maximum absolute atomic E-state index is 14.4. The maximum atomic E-state index is 14.4. The van der Waals surface area contributed by atoms with Crippen molar-refractivity contribution in [3.05, 3.63) is 42.5 Å². The van der Waals surface area contributed by atoms with Crippen molar-refractivity contribution in [3.63, 3.8) is 0 Å². The van der Waals surface area contributed by atoms with Crippen LogP contribution in [-0.4, -0.2) is 14.3 Å². The molecule has 0 atom stereocenters. The Balaban J connectivity index is 2.37. The number of halogens is 3. The van der Waals surface area contributed by atoms with E-state index < -0.39 is 32.7 Å². The van der Waals surface area contributed by atoms with Crippen LogP contribution in [0.2, 0.25) is 10.2 Å². The highest BCUT2D eigenvalue weighted by Gasteiger charge is 2.30. The summed E-state index contributed by atoms with van der Waals surface area (Å²) in [5.74, 6) is -0.930. The fourth-order valence-electron chi connectivity index (χ4n) is 2.80. The molecule has 0 spiro atoms. The predicted molar refractivity (Wildman–Crippen MR) is 84.4 cm³/mol. The Hall–Kier alpha value is -2.06. The molecule has 10 heteroatoms. The first-order valence-electron chi connectivity index (χ1n) is 6.76. The molecule has 0 fully saturated rings. The van der Waals surface area contributed by atoms with E-state index in [0.717, 1.165) is 18.9 Å². The Morgan fingerprint density at radius 1 is 1.22 bits per heavy atom. The van der Waals surface area contributed by atoms with Crippen LogP contribution >= 0.6 is 23.2 Å². The second-order valence-corrected chi connectivity index (χ2v) is 5.92. The molecule has 1 aliphatic heterocycles. The van der Waals surface area contributed by atoms with Gasteiger partial charge >= 0.3 is 5.69 Å². The van der Waals surface area contributed by atoms with Crippen molar-refractivity contribution in [2.24, 2.45) is 0 Å². The van der Waals surface area contributed by atoms with Crippen LogP contribution in [0.1, 0.15) is 12.8 Å². The molecule has 2 heterocycles. The number of nitro benzene ring substituents is 1. The van der Waals surface area contributed by atoms with Crippen molar-refractivity contribution in [1.29, 1.82) is 0 Å². The minimum atomic E-state index is -0.930. The Morgan fingerprint density at radius 2 is 1.83 bits per heavy atom. The summed E-state index contributed by atoms with van der Waals surface area (Å²) >= 11 is 11.9. The summed E-state index contributed by atoms with van der Waals surface area (Å²) in [5, 5.41) is 10.7. The van der Waals surface area contributed by atoms with E-state index in [0.29, 0.717) is 13.1 Å². The predicted octanol–water partition coefficient (Wildman–Crippen LogP) is 3.05. The van der Waals surface area contributed by atoms with Crippen LogP contribution in [0.25, 0.3) is 11.1 Å². The molecular weight excluding hydrogens is 350 g/mol. The third kappa shape index (κ3) is 2.29. The summed E-state index contributed by atoms with van der Waals surface area (Å²) in [7, 11) is 0. The number of rotatable bonds is 2. The van der Waals surface area contributed by atoms with E-state index in [9.17, 15) is 19.3 Å². The number of anilines is 1. The molecule has 1 aromatic heterocycles. The average Bonchev–Trinajstić information content (AvgIpc) is 2.72. The fraction of sp³-hybridized carbons (Fsp3) is 0.308. The van der Waals surface area contributed by atoms with Gasteiger partial charge in [0.15, 0.2) is 0 Å². The van der Waals surface area contributed by atoms with Gasteiger partial charge in [-0.2, -0.15) is 0 Å². The molecular formula is C13H11Cl2FN4O3. The standard InChI is InChI=1S/C13H11Cl2FN4O3/c14-6-5-7(16)8(10(17)11(6)20(22)23)9-12(15)18-3-1-2-4-19(18)13(9)21/h5H,1-4,17H2. The minimum absolute atomic E-state index is 0.0110. The van der Waals surface area contributed by atoms with E-state index in [1.807, 2.05) is 0 Å². The van der Waals surface area contributed by atoms with Crippen molar-refractivity contribution in [2.75, 3.05) is 5.73 Å². The van der Waals surface area contributed by atoms with Gasteiger partial charge in [-0.05, 0) is 12.8 Å². The third-order valence-electron chi connectivity index (χ3n) is 3.84. The number of fused-ring (bicyclic) bond motifs is 1. The highest BCUT2D eigenvalue weighted by Crippen LogP contribution is 2.41. The van der Waals surface area contributed by atoms with Gasteiger partial charge in [0, 0.05) is 19.2 Å². The Morgan fingerprint density at radius 3 is 2.39 bits per heavy atom. The highest BCUT2D eigenvalue weighted by atomic mass is 35.5. The lowest BCUT2D eigenvalue weighted by Crippen LogP contribution is -2.27. The number of nitro groups is 1.